The van der Waals surface area contributed by atoms with Crippen LogP contribution in [0.25, 0.3) is 0 Å². The summed E-state index contributed by atoms with van der Waals surface area (Å²) < 4.78 is 26.4. The van der Waals surface area contributed by atoms with E-state index in [1.54, 1.807) is 6.20 Å². The number of nitrogens with zero attached hydrogens (tertiary/aromatic N) is 2. The van der Waals surface area contributed by atoms with Crippen molar-refractivity contribution in [3.8, 4) is 0 Å². The van der Waals surface area contributed by atoms with Crippen molar-refractivity contribution in [1.82, 2.24) is 19.9 Å². The molecule has 8 heteroatoms. The van der Waals surface area contributed by atoms with E-state index >= 15 is 0 Å². The number of rotatable bonds is 5. The molecule has 0 aliphatic heterocycles. The summed E-state index contributed by atoms with van der Waals surface area (Å²) in [6, 6.07) is 2.88. The average Bonchev–Trinajstić information content (AvgIpc) is 2.82. The van der Waals surface area contributed by atoms with Crippen molar-refractivity contribution in [1.29, 1.82) is 0 Å². The van der Waals surface area contributed by atoms with E-state index in [0.717, 1.165) is 11.3 Å². The molecule has 0 saturated heterocycles. The van der Waals surface area contributed by atoms with Crippen LogP contribution in [0.5, 0.6) is 0 Å². The molecule has 0 aromatic carbocycles. The first-order chi connectivity index (χ1) is 9.03. The largest absolute Gasteiger partial charge is 0.392 e. The number of aromatic amines is 1. The van der Waals surface area contributed by atoms with Gasteiger partial charge in [-0.3, -0.25) is 5.10 Å². The van der Waals surface area contributed by atoms with Gasteiger partial charge in [0, 0.05) is 24.0 Å². The van der Waals surface area contributed by atoms with Crippen molar-refractivity contribution in [2.24, 2.45) is 0 Å². The fourth-order valence-corrected chi connectivity index (χ4v) is 2.40. The maximum atomic E-state index is 12.0. The third-order valence-electron chi connectivity index (χ3n) is 2.64. The predicted molar refractivity (Wildman–Crippen MR) is 67.5 cm³/mol. The van der Waals surface area contributed by atoms with Crippen molar-refractivity contribution in [3.05, 3.63) is 41.3 Å². The quantitative estimate of drug-likeness (QED) is 0.720. The van der Waals surface area contributed by atoms with Crippen LogP contribution in [0.1, 0.15) is 16.8 Å². The molecule has 102 valence electrons. The average molecular weight is 282 g/mol. The Morgan fingerprint density at radius 2 is 2.16 bits per heavy atom. The fourth-order valence-electron chi connectivity index (χ4n) is 1.46. The zero-order valence-corrected chi connectivity index (χ0v) is 11.1. The first-order valence-electron chi connectivity index (χ1n) is 5.57. The first kappa shape index (κ1) is 13.7. The molecular weight excluding hydrogens is 268 g/mol. The minimum absolute atomic E-state index is 0.0779. The van der Waals surface area contributed by atoms with Crippen molar-refractivity contribution < 1.29 is 13.5 Å². The maximum absolute atomic E-state index is 12.0. The number of aryl methyl sites for hydroxylation is 1. The van der Waals surface area contributed by atoms with Crippen LogP contribution in [-0.4, -0.2) is 28.7 Å². The minimum Gasteiger partial charge on any atom is -0.392 e. The van der Waals surface area contributed by atoms with Gasteiger partial charge in [0.2, 0.25) is 0 Å². The van der Waals surface area contributed by atoms with Crippen LogP contribution in [-0.2, 0) is 23.2 Å². The standard InChI is InChI=1S/C11H14N4O3S/c1-8-10(5-13-15-8)6-14-19(17,18)11-3-2-9(7-16)4-12-11/h2-5,14,16H,6-7H2,1H3,(H,13,15). The summed E-state index contributed by atoms with van der Waals surface area (Å²) in [5.74, 6) is 0. The zero-order chi connectivity index (χ0) is 13.9. The van der Waals surface area contributed by atoms with Crippen LogP contribution in [0, 0.1) is 6.92 Å². The zero-order valence-electron chi connectivity index (χ0n) is 10.3. The van der Waals surface area contributed by atoms with E-state index in [9.17, 15) is 8.42 Å². The molecule has 0 bridgehead atoms. The number of H-pyrrole nitrogens is 1. The smallest absolute Gasteiger partial charge is 0.258 e. The number of sulfonamides is 1. The Morgan fingerprint density at radius 1 is 1.37 bits per heavy atom. The normalized spacial score (nSPS) is 11.7. The molecule has 2 aromatic heterocycles. The second-order valence-electron chi connectivity index (χ2n) is 4.01. The van der Waals surface area contributed by atoms with Gasteiger partial charge in [-0.05, 0) is 18.6 Å². The van der Waals surface area contributed by atoms with Crippen molar-refractivity contribution in [2.75, 3.05) is 0 Å². The third kappa shape index (κ3) is 3.16. The molecule has 0 aliphatic rings. The molecular formula is C11H14N4O3S. The third-order valence-corrected chi connectivity index (χ3v) is 3.96. The molecule has 0 spiro atoms. The van der Waals surface area contributed by atoms with Gasteiger partial charge >= 0.3 is 0 Å². The van der Waals surface area contributed by atoms with E-state index in [1.807, 2.05) is 6.92 Å². The van der Waals surface area contributed by atoms with Crippen molar-refractivity contribution in [2.45, 2.75) is 25.1 Å². The van der Waals surface area contributed by atoms with Gasteiger partial charge in [0.1, 0.15) is 0 Å². The maximum Gasteiger partial charge on any atom is 0.258 e. The lowest BCUT2D eigenvalue weighted by Crippen LogP contribution is -2.24. The molecule has 2 heterocycles. The molecule has 0 aliphatic carbocycles. The summed E-state index contributed by atoms with van der Waals surface area (Å²) in [5.41, 5.74) is 2.14. The van der Waals surface area contributed by atoms with Crippen molar-refractivity contribution in [3.63, 3.8) is 0 Å². The first-order valence-corrected chi connectivity index (χ1v) is 7.05. The Balaban J connectivity index is 2.11. The molecule has 2 rings (SSSR count). The van der Waals surface area contributed by atoms with E-state index in [2.05, 4.69) is 19.9 Å². The Labute approximate surface area is 110 Å². The lowest BCUT2D eigenvalue weighted by atomic mass is 10.3. The second-order valence-corrected chi connectivity index (χ2v) is 5.72. The number of hydrogen-bond donors (Lipinski definition) is 3. The van der Waals surface area contributed by atoms with Gasteiger partial charge in [-0.25, -0.2) is 18.1 Å². The van der Waals surface area contributed by atoms with E-state index in [0.29, 0.717) is 5.56 Å². The summed E-state index contributed by atoms with van der Waals surface area (Å²) in [6.45, 7) is 1.79. The highest BCUT2D eigenvalue weighted by Gasteiger charge is 2.15. The van der Waals surface area contributed by atoms with Crippen LogP contribution in [0.3, 0.4) is 0 Å². The number of nitrogens with one attached hydrogen (secondary N) is 2. The number of pyridine rings is 1. The lowest BCUT2D eigenvalue weighted by molar-refractivity contribution is 0.281. The number of hydrogen-bond acceptors (Lipinski definition) is 5. The highest BCUT2D eigenvalue weighted by atomic mass is 32.2. The van der Waals surface area contributed by atoms with Gasteiger partial charge in [0.15, 0.2) is 5.03 Å². The van der Waals surface area contributed by atoms with Gasteiger partial charge in [0.25, 0.3) is 10.0 Å². The molecule has 0 fully saturated rings. The molecule has 0 unspecified atom stereocenters. The Bertz CT molecular complexity index is 649. The molecule has 0 radical (unpaired) electrons. The minimum atomic E-state index is -3.66. The number of aliphatic hydroxyl groups is 1. The van der Waals surface area contributed by atoms with Crippen LogP contribution in [0.4, 0.5) is 0 Å². The van der Waals surface area contributed by atoms with Crippen LogP contribution >= 0.6 is 0 Å². The monoisotopic (exact) mass is 282 g/mol. The molecule has 0 saturated carbocycles. The van der Waals surface area contributed by atoms with Gasteiger partial charge < -0.3 is 5.11 Å². The molecule has 0 amide bonds. The lowest BCUT2D eigenvalue weighted by Gasteiger charge is -2.05. The SMILES string of the molecule is Cc1[nH]ncc1CNS(=O)(=O)c1ccc(CO)cn1. The summed E-state index contributed by atoms with van der Waals surface area (Å²) in [7, 11) is -3.66. The van der Waals surface area contributed by atoms with Crippen LogP contribution < -0.4 is 4.72 Å². The highest BCUT2D eigenvalue weighted by molar-refractivity contribution is 7.89. The van der Waals surface area contributed by atoms with Crippen LogP contribution in [0.15, 0.2) is 29.6 Å². The summed E-state index contributed by atoms with van der Waals surface area (Å²) >= 11 is 0. The van der Waals surface area contributed by atoms with Crippen molar-refractivity contribution >= 4 is 10.0 Å². The van der Waals surface area contributed by atoms with Crippen LogP contribution in [0.2, 0.25) is 0 Å². The van der Waals surface area contributed by atoms with Gasteiger partial charge in [-0.2, -0.15) is 5.10 Å². The molecule has 19 heavy (non-hydrogen) atoms. The van der Waals surface area contributed by atoms with E-state index in [-0.39, 0.29) is 18.2 Å². The Morgan fingerprint density at radius 3 is 2.68 bits per heavy atom. The summed E-state index contributed by atoms with van der Waals surface area (Å²) in [6.07, 6.45) is 2.90. The molecule has 2 aromatic rings. The topological polar surface area (TPSA) is 108 Å². The molecule has 3 N–H and O–H groups in total. The summed E-state index contributed by atoms with van der Waals surface area (Å²) in [5, 5.41) is 15.3. The Hall–Kier alpha value is -1.77. The molecule has 0 atom stereocenters. The van der Waals surface area contributed by atoms with E-state index in [4.69, 9.17) is 5.11 Å². The summed E-state index contributed by atoms with van der Waals surface area (Å²) in [4.78, 5) is 3.81. The van der Waals surface area contributed by atoms with Gasteiger partial charge in [-0.1, -0.05) is 6.07 Å². The fraction of sp³-hybridized carbons (Fsp3) is 0.273. The van der Waals surface area contributed by atoms with Gasteiger partial charge in [-0.15, -0.1) is 0 Å². The number of aromatic nitrogens is 3. The Kier molecular flexibility index (Phi) is 3.93. The van der Waals surface area contributed by atoms with E-state index < -0.39 is 10.0 Å². The highest BCUT2D eigenvalue weighted by Crippen LogP contribution is 2.08. The second kappa shape index (κ2) is 5.47. The van der Waals surface area contributed by atoms with E-state index in [1.165, 1.54) is 18.3 Å². The number of aliphatic hydroxyl groups excluding tert-OH is 1. The predicted octanol–water partition coefficient (Wildman–Crippen LogP) is 0.0839. The van der Waals surface area contributed by atoms with Gasteiger partial charge in [0.05, 0.1) is 12.8 Å². The molecule has 7 nitrogen and oxygen atoms in total.